The van der Waals surface area contributed by atoms with E-state index in [-0.39, 0.29) is 17.0 Å². The molecule has 2 heterocycles. The minimum absolute atomic E-state index is 0.216. The number of hydrogen-bond donors (Lipinski definition) is 1. The Morgan fingerprint density at radius 3 is 2.57 bits per heavy atom. The molecule has 23 heavy (non-hydrogen) atoms. The van der Waals surface area contributed by atoms with Gasteiger partial charge in [0.15, 0.2) is 0 Å². The maximum atomic E-state index is 9.36. The van der Waals surface area contributed by atoms with E-state index in [0.717, 1.165) is 5.69 Å². The molecule has 6 heteroatoms. The van der Waals surface area contributed by atoms with E-state index in [9.17, 15) is 10.5 Å². The first-order chi connectivity index (χ1) is 11.2. The molecule has 0 amide bonds. The first-order valence-corrected chi connectivity index (χ1v) is 6.74. The van der Waals surface area contributed by atoms with Crippen LogP contribution in [0.25, 0.3) is 17.3 Å². The molecule has 0 atom stereocenters. The topological polar surface area (TPSA) is 105 Å². The molecule has 0 aliphatic rings. The van der Waals surface area contributed by atoms with Gasteiger partial charge >= 0.3 is 0 Å². The van der Waals surface area contributed by atoms with Crippen LogP contribution < -0.4 is 5.73 Å². The van der Waals surface area contributed by atoms with Crippen LogP contribution in [0.4, 0.5) is 5.82 Å². The van der Waals surface area contributed by atoms with Crippen LogP contribution in [-0.2, 0) is 0 Å². The minimum Gasteiger partial charge on any atom is -0.464 e. The number of benzene rings is 1. The van der Waals surface area contributed by atoms with Gasteiger partial charge in [0, 0.05) is 0 Å². The fourth-order valence-electron chi connectivity index (χ4n) is 2.16. The Bertz CT molecular complexity index is 938. The summed E-state index contributed by atoms with van der Waals surface area (Å²) in [5.41, 5.74) is 7.56. The predicted molar refractivity (Wildman–Crippen MR) is 84.9 cm³/mol. The van der Waals surface area contributed by atoms with Gasteiger partial charge in [0.25, 0.3) is 0 Å². The van der Waals surface area contributed by atoms with Crippen molar-refractivity contribution in [1.82, 2.24) is 9.78 Å². The maximum Gasteiger partial charge on any atom is 0.145 e. The molecule has 0 unspecified atom stereocenters. The number of hydrogen-bond acceptors (Lipinski definition) is 5. The summed E-state index contributed by atoms with van der Waals surface area (Å²) in [4.78, 5) is 0. The number of nitrogen functional groups attached to an aromatic ring is 1. The number of nitriles is 2. The van der Waals surface area contributed by atoms with E-state index >= 15 is 0 Å². The number of allylic oxidation sites excluding steroid dienone is 1. The quantitative estimate of drug-likeness (QED) is 0.749. The van der Waals surface area contributed by atoms with E-state index in [1.165, 1.54) is 17.0 Å². The lowest BCUT2D eigenvalue weighted by Crippen LogP contribution is -2.01. The van der Waals surface area contributed by atoms with Gasteiger partial charge in [-0.2, -0.15) is 15.6 Å². The molecule has 0 saturated heterocycles. The number of para-hydroxylation sites is 1. The van der Waals surface area contributed by atoms with Crippen molar-refractivity contribution in [1.29, 1.82) is 10.5 Å². The van der Waals surface area contributed by atoms with Gasteiger partial charge in [-0.25, -0.2) is 4.68 Å². The second-order valence-corrected chi connectivity index (χ2v) is 4.65. The number of rotatable bonds is 3. The van der Waals surface area contributed by atoms with Gasteiger partial charge in [-0.1, -0.05) is 18.2 Å². The van der Waals surface area contributed by atoms with Crippen molar-refractivity contribution in [3.8, 4) is 17.8 Å². The average molecular weight is 301 g/mol. The molecular weight excluding hydrogens is 290 g/mol. The zero-order valence-corrected chi connectivity index (χ0v) is 12.0. The zero-order chi connectivity index (χ0) is 16.2. The van der Waals surface area contributed by atoms with E-state index in [0.29, 0.717) is 11.5 Å². The molecule has 3 aromatic rings. The van der Waals surface area contributed by atoms with Gasteiger partial charge in [-0.3, -0.25) is 0 Å². The third kappa shape index (κ3) is 2.57. The third-order valence-corrected chi connectivity index (χ3v) is 3.25. The van der Waals surface area contributed by atoms with Gasteiger partial charge in [0.1, 0.15) is 35.0 Å². The minimum atomic E-state index is 0.216. The van der Waals surface area contributed by atoms with Crippen molar-refractivity contribution in [2.75, 3.05) is 5.73 Å². The summed E-state index contributed by atoms with van der Waals surface area (Å²) in [6.07, 6.45) is 2.97. The van der Waals surface area contributed by atoms with Crippen molar-refractivity contribution in [3.63, 3.8) is 0 Å². The normalized spacial score (nSPS) is 11.0. The Morgan fingerprint density at radius 2 is 1.96 bits per heavy atom. The van der Waals surface area contributed by atoms with Crippen LogP contribution >= 0.6 is 0 Å². The standard InChI is InChI=1S/C17H11N5O/c18-10-12(16-7-4-8-23-16)9-15-14(11-19)17(20)22(21-15)13-5-2-1-3-6-13/h1-9H,20H2/b12-9+. The second kappa shape index (κ2) is 5.92. The Morgan fingerprint density at radius 1 is 1.17 bits per heavy atom. The van der Waals surface area contributed by atoms with E-state index in [4.69, 9.17) is 10.2 Å². The summed E-state index contributed by atoms with van der Waals surface area (Å²) in [5, 5.41) is 23.0. The Hall–Kier alpha value is -3.77. The number of aromatic nitrogens is 2. The Labute approximate surface area is 132 Å². The smallest absolute Gasteiger partial charge is 0.145 e. The summed E-state index contributed by atoms with van der Waals surface area (Å²) in [5.74, 6) is 0.630. The summed E-state index contributed by atoms with van der Waals surface area (Å²) in [6, 6.07) is 16.7. The first kappa shape index (κ1) is 14.2. The Balaban J connectivity index is 2.14. The molecular formula is C17H11N5O. The lowest BCUT2D eigenvalue weighted by molar-refractivity contribution is 0.555. The molecule has 0 saturated carbocycles. The average Bonchev–Trinajstić information content (AvgIpc) is 3.21. The molecule has 1 aromatic carbocycles. The van der Waals surface area contributed by atoms with Crippen molar-refractivity contribution in [2.45, 2.75) is 0 Å². The van der Waals surface area contributed by atoms with Crippen molar-refractivity contribution in [2.24, 2.45) is 0 Å². The third-order valence-electron chi connectivity index (χ3n) is 3.25. The maximum absolute atomic E-state index is 9.36. The van der Waals surface area contributed by atoms with Crippen LogP contribution in [-0.4, -0.2) is 9.78 Å². The highest BCUT2D eigenvalue weighted by molar-refractivity contribution is 5.88. The number of nitrogens with zero attached hydrogens (tertiary/aromatic N) is 4. The summed E-state index contributed by atoms with van der Waals surface area (Å²) >= 11 is 0. The van der Waals surface area contributed by atoms with E-state index < -0.39 is 0 Å². The molecule has 2 N–H and O–H groups in total. The lowest BCUT2D eigenvalue weighted by atomic mass is 10.1. The monoisotopic (exact) mass is 301 g/mol. The molecule has 0 spiro atoms. The van der Waals surface area contributed by atoms with Crippen LogP contribution in [0.2, 0.25) is 0 Å². The van der Waals surface area contributed by atoms with Crippen LogP contribution in [0.1, 0.15) is 17.0 Å². The van der Waals surface area contributed by atoms with Crippen LogP contribution in [0, 0.1) is 22.7 Å². The molecule has 0 aliphatic carbocycles. The first-order valence-electron chi connectivity index (χ1n) is 6.74. The van der Waals surface area contributed by atoms with E-state index in [2.05, 4.69) is 5.10 Å². The van der Waals surface area contributed by atoms with Gasteiger partial charge in [0.2, 0.25) is 0 Å². The SMILES string of the molecule is N#C/C(=C\c1nn(-c2ccccc2)c(N)c1C#N)c1ccco1. The Kier molecular flexibility index (Phi) is 3.65. The molecule has 0 fully saturated rings. The molecule has 0 bridgehead atoms. The van der Waals surface area contributed by atoms with Crippen molar-refractivity contribution >= 4 is 17.5 Å². The number of furan rings is 1. The number of anilines is 1. The fourth-order valence-corrected chi connectivity index (χ4v) is 2.16. The van der Waals surface area contributed by atoms with Crippen LogP contribution in [0.3, 0.4) is 0 Å². The van der Waals surface area contributed by atoms with Gasteiger partial charge in [0.05, 0.1) is 17.5 Å². The van der Waals surface area contributed by atoms with Crippen molar-refractivity contribution < 1.29 is 4.42 Å². The van der Waals surface area contributed by atoms with E-state index in [1.54, 1.807) is 12.1 Å². The highest BCUT2D eigenvalue weighted by atomic mass is 16.3. The molecule has 0 radical (unpaired) electrons. The predicted octanol–water partition coefficient (Wildman–Crippen LogP) is 2.98. The summed E-state index contributed by atoms with van der Waals surface area (Å²) in [7, 11) is 0. The molecule has 3 rings (SSSR count). The van der Waals surface area contributed by atoms with Gasteiger partial charge in [-0.15, -0.1) is 0 Å². The number of nitrogens with two attached hydrogens (primary N) is 1. The summed E-state index contributed by atoms with van der Waals surface area (Å²) in [6.45, 7) is 0. The largest absolute Gasteiger partial charge is 0.464 e. The van der Waals surface area contributed by atoms with Crippen molar-refractivity contribution in [3.05, 3.63) is 65.7 Å². The zero-order valence-electron chi connectivity index (χ0n) is 12.0. The summed E-state index contributed by atoms with van der Waals surface area (Å²) < 4.78 is 6.69. The van der Waals surface area contributed by atoms with Gasteiger partial charge in [-0.05, 0) is 30.3 Å². The van der Waals surface area contributed by atoms with E-state index in [1.807, 2.05) is 42.5 Å². The van der Waals surface area contributed by atoms with Crippen LogP contribution in [0.15, 0.2) is 53.1 Å². The van der Waals surface area contributed by atoms with Gasteiger partial charge < -0.3 is 10.2 Å². The van der Waals surface area contributed by atoms with Crippen LogP contribution in [0.5, 0.6) is 0 Å². The lowest BCUT2D eigenvalue weighted by Gasteiger charge is -2.02. The highest BCUT2D eigenvalue weighted by Crippen LogP contribution is 2.24. The second-order valence-electron chi connectivity index (χ2n) is 4.65. The fraction of sp³-hybridized carbons (Fsp3) is 0. The molecule has 6 nitrogen and oxygen atoms in total. The molecule has 110 valence electrons. The molecule has 2 aromatic heterocycles. The molecule has 0 aliphatic heterocycles. The highest BCUT2D eigenvalue weighted by Gasteiger charge is 2.16.